The van der Waals surface area contributed by atoms with Crippen molar-refractivity contribution in [3.05, 3.63) is 65.8 Å². The number of aromatic nitrogens is 1. The third-order valence-corrected chi connectivity index (χ3v) is 9.40. The Bertz CT molecular complexity index is 1680. The molecule has 1 N–H and O–H groups in total. The Morgan fingerprint density at radius 2 is 1.31 bits per heavy atom. The summed E-state index contributed by atoms with van der Waals surface area (Å²) < 4.78 is 22.0. The Morgan fingerprint density at radius 1 is 0.759 bits per heavy atom. The van der Waals surface area contributed by atoms with Crippen molar-refractivity contribution < 1.29 is 42.9 Å². The Balaban J connectivity index is 1.52. The zero-order valence-corrected chi connectivity index (χ0v) is 32.5. The largest absolute Gasteiger partial charge is 0.492 e. The highest BCUT2D eigenvalue weighted by atomic mass is 35.5. The number of fused-ring (bicyclic) bond motifs is 1. The fourth-order valence-corrected chi connectivity index (χ4v) is 6.33. The molecule has 54 heavy (non-hydrogen) atoms. The molecule has 0 saturated heterocycles. The van der Waals surface area contributed by atoms with Crippen LogP contribution in [0, 0.1) is 0 Å². The molecule has 0 aliphatic carbocycles. The molecular weight excluding hydrogens is 712 g/mol. The highest BCUT2D eigenvalue weighted by Gasteiger charge is 2.21. The maximum atomic E-state index is 13.4. The first-order valence-electron chi connectivity index (χ1n) is 19.0. The topological polar surface area (TPSA) is 139 Å². The molecule has 12 heteroatoms. The van der Waals surface area contributed by atoms with E-state index in [1.54, 1.807) is 12.1 Å². The average molecular weight is 767 g/mol. The molecule has 0 bridgehead atoms. The van der Waals surface area contributed by atoms with E-state index in [1.165, 1.54) is 31.1 Å². The normalized spacial score (nSPS) is 10.9. The number of esters is 3. The summed E-state index contributed by atoms with van der Waals surface area (Å²) in [4.78, 5) is 61.1. The van der Waals surface area contributed by atoms with Crippen LogP contribution in [0.25, 0.3) is 22.0 Å². The van der Waals surface area contributed by atoms with Crippen LogP contribution in [0.1, 0.15) is 118 Å². The summed E-state index contributed by atoms with van der Waals surface area (Å²) in [5.74, 6) is -0.450. The number of methoxy groups -OCH3 is 2. The number of rotatable bonds is 26. The quantitative estimate of drug-likeness (QED) is 0.0367. The Hall–Kier alpha value is -4.64. The van der Waals surface area contributed by atoms with E-state index in [1.807, 2.05) is 24.3 Å². The van der Waals surface area contributed by atoms with Crippen molar-refractivity contribution in [3.8, 4) is 16.9 Å². The minimum Gasteiger partial charge on any atom is -0.492 e. The molecule has 0 aliphatic rings. The fraction of sp³-hybridized carbons (Fsp3) is 0.500. The van der Waals surface area contributed by atoms with Crippen molar-refractivity contribution in [2.75, 3.05) is 34.0 Å². The molecule has 0 spiro atoms. The number of ether oxygens (including phenoxy) is 4. The van der Waals surface area contributed by atoms with Crippen LogP contribution in [-0.2, 0) is 28.6 Å². The molecule has 0 radical (unpaired) electrons. The minimum atomic E-state index is -0.563. The number of halogens is 1. The van der Waals surface area contributed by atoms with Crippen molar-refractivity contribution in [2.45, 2.75) is 103 Å². The highest BCUT2D eigenvalue weighted by Crippen LogP contribution is 2.36. The van der Waals surface area contributed by atoms with Gasteiger partial charge >= 0.3 is 17.9 Å². The van der Waals surface area contributed by atoms with E-state index in [4.69, 9.17) is 21.1 Å². The van der Waals surface area contributed by atoms with Crippen LogP contribution < -0.4 is 10.1 Å². The molecule has 0 saturated carbocycles. The molecule has 294 valence electrons. The molecule has 0 atom stereocenters. The van der Waals surface area contributed by atoms with Crippen LogP contribution in [0.5, 0.6) is 5.75 Å². The lowest BCUT2D eigenvalue weighted by molar-refractivity contribution is -0.141. The van der Waals surface area contributed by atoms with E-state index in [-0.39, 0.29) is 35.9 Å². The summed E-state index contributed by atoms with van der Waals surface area (Å²) in [6, 6.07) is 10.9. The zero-order valence-electron chi connectivity index (χ0n) is 31.8. The number of amides is 1. The van der Waals surface area contributed by atoms with E-state index < -0.39 is 5.97 Å². The van der Waals surface area contributed by atoms with Gasteiger partial charge in [0.1, 0.15) is 19.0 Å². The second-order valence-electron chi connectivity index (χ2n) is 13.2. The Morgan fingerprint density at radius 3 is 1.89 bits per heavy atom. The van der Waals surface area contributed by atoms with Gasteiger partial charge in [0.25, 0.3) is 0 Å². The lowest BCUT2D eigenvalue weighted by Gasteiger charge is -2.11. The molecule has 0 aliphatic heterocycles. The van der Waals surface area contributed by atoms with Crippen molar-refractivity contribution in [1.29, 1.82) is 0 Å². The summed E-state index contributed by atoms with van der Waals surface area (Å²) in [6.45, 7) is 4.35. The lowest BCUT2D eigenvalue weighted by Crippen LogP contribution is -2.27. The van der Waals surface area contributed by atoms with Crippen molar-refractivity contribution in [3.63, 3.8) is 0 Å². The van der Waals surface area contributed by atoms with E-state index in [9.17, 15) is 24.0 Å². The van der Waals surface area contributed by atoms with Gasteiger partial charge in [0, 0.05) is 42.8 Å². The Kier molecular flexibility index (Phi) is 20.0. The lowest BCUT2D eigenvalue weighted by atomic mass is 10.0. The van der Waals surface area contributed by atoms with Crippen LogP contribution in [0.15, 0.2) is 55.3 Å². The smallest absolute Gasteiger partial charge is 0.340 e. The zero-order chi connectivity index (χ0) is 39.1. The number of nitrogens with zero attached hydrogens (tertiary/aromatic N) is 1. The average Bonchev–Trinajstić information content (AvgIpc) is 3.55. The molecule has 2 aromatic carbocycles. The summed E-state index contributed by atoms with van der Waals surface area (Å²) >= 11 is 6.79. The first kappa shape index (κ1) is 43.8. The van der Waals surface area contributed by atoms with E-state index in [2.05, 4.69) is 21.4 Å². The van der Waals surface area contributed by atoms with Crippen LogP contribution in [0.4, 0.5) is 0 Å². The van der Waals surface area contributed by atoms with Crippen molar-refractivity contribution in [1.82, 2.24) is 9.88 Å². The summed E-state index contributed by atoms with van der Waals surface area (Å²) in [5.41, 5.74) is 2.26. The van der Waals surface area contributed by atoms with Crippen LogP contribution in [0.3, 0.4) is 0 Å². The van der Waals surface area contributed by atoms with Gasteiger partial charge in [-0.2, -0.15) is 0 Å². The minimum absolute atomic E-state index is 0.00605. The number of hydrogen-bond donors (Lipinski definition) is 1. The van der Waals surface area contributed by atoms with Gasteiger partial charge in [0.05, 0.1) is 36.9 Å². The SMILES string of the molecule is C=CCOC(=O)c1cn(C(=O)CCCCCCCCC(=O)OC)c2cc(Cl)c(-c3ccc(OCCNC(=O)CCCCCCCCC(=O)OC)cc3)cc12. The molecule has 0 fully saturated rings. The predicted octanol–water partition coefficient (Wildman–Crippen LogP) is 9.03. The molecule has 3 rings (SSSR count). The molecule has 0 unspecified atom stereocenters. The fourth-order valence-electron chi connectivity index (χ4n) is 6.07. The third kappa shape index (κ3) is 15.0. The predicted molar refractivity (Wildman–Crippen MR) is 210 cm³/mol. The van der Waals surface area contributed by atoms with Gasteiger partial charge in [-0.1, -0.05) is 87.8 Å². The number of nitrogens with one attached hydrogen (secondary N) is 1. The molecule has 3 aromatic rings. The summed E-state index contributed by atoms with van der Waals surface area (Å²) in [7, 11) is 2.79. The van der Waals surface area contributed by atoms with Gasteiger partial charge < -0.3 is 24.3 Å². The van der Waals surface area contributed by atoms with Gasteiger partial charge in [-0.25, -0.2) is 4.79 Å². The van der Waals surface area contributed by atoms with E-state index in [0.717, 1.165) is 76.2 Å². The van der Waals surface area contributed by atoms with Gasteiger partial charge in [-0.15, -0.1) is 0 Å². The summed E-state index contributed by atoms with van der Waals surface area (Å²) in [5, 5.41) is 3.86. The van der Waals surface area contributed by atoms with Crippen LogP contribution in [-0.4, -0.2) is 68.3 Å². The number of carbonyl (C=O) groups is 5. The van der Waals surface area contributed by atoms with Crippen molar-refractivity contribution in [2.24, 2.45) is 0 Å². The van der Waals surface area contributed by atoms with Gasteiger partial charge in [0.2, 0.25) is 11.8 Å². The van der Waals surface area contributed by atoms with Gasteiger partial charge in [0.15, 0.2) is 0 Å². The van der Waals surface area contributed by atoms with E-state index in [0.29, 0.717) is 72.5 Å². The molecular formula is C42H55ClN2O9. The maximum Gasteiger partial charge on any atom is 0.340 e. The monoisotopic (exact) mass is 766 g/mol. The molecule has 11 nitrogen and oxygen atoms in total. The van der Waals surface area contributed by atoms with Crippen molar-refractivity contribution >= 4 is 52.2 Å². The van der Waals surface area contributed by atoms with Crippen LogP contribution in [0.2, 0.25) is 5.02 Å². The molecule has 1 amide bonds. The highest BCUT2D eigenvalue weighted by molar-refractivity contribution is 6.34. The second-order valence-corrected chi connectivity index (χ2v) is 13.6. The number of carbonyl (C=O) groups excluding carboxylic acids is 5. The number of benzene rings is 2. The second kappa shape index (κ2) is 24.6. The number of unbranched alkanes of at least 4 members (excludes halogenated alkanes) is 10. The van der Waals surface area contributed by atoms with Gasteiger partial charge in [-0.3, -0.25) is 23.7 Å². The maximum absolute atomic E-state index is 13.4. The first-order valence-corrected chi connectivity index (χ1v) is 19.4. The summed E-state index contributed by atoms with van der Waals surface area (Å²) in [6.07, 6.45) is 15.6. The first-order chi connectivity index (χ1) is 26.2. The number of hydrogen-bond acceptors (Lipinski definition) is 9. The standard InChI is InChI=1S/C42H55ClN2O9/c1-4-26-54-42(50)35-30-45(39(47)18-14-10-6-8-12-16-20-41(49)52-3)37-29-36(43)33(28-34(35)37)31-21-23-32(24-22-31)53-27-25-44-38(46)17-13-9-5-7-11-15-19-40(48)51-2/h4,21-24,28-30H,1,5-20,25-27H2,2-3H3,(H,44,46). The molecule has 1 heterocycles. The van der Waals surface area contributed by atoms with Crippen LogP contribution >= 0.6 is 11.6 Å². The Labute approximate surface area is 323 Å². The third-order valence-electron chi connectivity index (χ3n) is 9.08. The molecule has 1 aromatic heterocycles. The van der Waals surface area contributed by atoms with E-state index >= 15 is 0 Å². The van der Waals surface area contributed by atoms with Gasteiger partial charge in [-0.05, 0) is 55.5 Å².